The van der Waals surface area contributed by atoms with Crippen LogP contribution in [-0.2, 0) is 9.53 Å². The molecule has 0 aliphatic heterocycles. The SMILES string of the molecule is COC[C@]12CCCC[C@@H]1CC[C@@H]1[C@@H]2CC[C@]2(C)C(=O)CC[C@@H]12. The predicted octanol–water partition coefficient (Wildman–Crippen LogP) is 4.61. The van der Waals surface area contributed by atoms with Crippen molar-refractivity contribution in [1.29, 1.82) is 0 Å². The average Bonchev–Trinajstić information content (AvgIpc) is 2.83. The van der Waals surface area contributed by atoms with Crippen LogP contribution in [0, 0.1) is 34.5 Å². The van der Waals surface area contributed by atoms with Gasteiger partial charge in [-0.25, -0.2) is 0 Å². The van der Waals surface area contributed by atoms with E-state index in [0.717, 1.165) is 37.2 Å². The zero-order valence-corrected chi connectivity index (χ0v) is 14.4. The Morgan fingerprint density at radius 2 is 1.91 bits per heavy atom. The molecule has 6 atom stereocenters. The molecule has 0 unspecified atom stereocenters. The fourth-order valence-corrected chi connectivity index (χ4v) is 7.39. The van der Waals surface area contributed by atoms with E-state index in [1.807, 2.05) is 7.11 Å². The van der Waals surface area contributed by atoms with Gasteiger partial charge in [0.1, 0.15) is 5.78 Å². The Bertz CT molecular complexity index is 455. The van der Waals surface area contributed by atoms with Gasteiger partial charge in [0.05, 0.1) is 6.61 Å². The Kier molecular flexibility index (Phi) is 3.67. The van der Waals surface area contributed by atoms with Crippen LogP contribution < -0.4 is 0 Å². The second-order valence-electron chi connectivity index (χ2n) is 8.98. The molecule has 4 aliphatic rings. The van der Waals surface area contributed by atoms with Crippen LogP contribution in [0.4, 0.5) is 0 Å². The van der Waals surface area contributed by atoms with Gasteiger partial charge in [0.2, 0.25) is 0 Å². The Morgan fingerprint density at radius 1 is 1.05 bits per heavy atom. The molecule has 4 rings (SSSR count). The lowest BCUT2D eigenvalue weighted by Crippen LogP contribution is -2.55. The maximum Gasteiger partial charge on any atom is 0.139 e. The summed E-state index contributed by atoms with van der Waals surface area (Å²) in [6.07, 6.45) is 12.8. The van der Waals surface area contributed by atoms with Crippen molar-refractivity contribution in [2.24, 2.45) is 34.5 Å². The lowest BCUT2D eigenvalue weighted by Gasteiger charge is -2.60. The summed E-state index contributed by atoms with van der Waals surface area (Å²) in [5, 5.41) is 0. The summed E-state index contributed by atoms with van der Waals surface area (Å²) in [7, 11) is 1.90. The number of fused-ring (bicyclic) bond motifs is 5. The molecule has 0 amide bonds. The van der Waals surface area contributed by atoms with Crippen molar-refractivity contribution in [2.45, 2.75) is 71.1 Å². The molecule has 0 aromatic carbocycles. The highest BCUT2D eigenvalue weighted by molar-refractivity contribution is 5.87. The molecule has 0 spiro atoms. The number of hydrogen-bond donors (Lipinski definition) is 0. The first kappa shape index (κ1) is 15.2. The fraction of sp³-hybridized carbons (Fsp3) is 0.950. The van der Waals surface area contributed by atoms with Gasteiger partial charge >= 0.3 is 0 Å². The first-order valence-electron chi connectivity index (χ1n) is 9.64. The summed E-state index contributed by atoms with van der Waals surface area (Å²) < 4.78 is 5.78. The second kappa shape index (κ2) is 5.33. The number of Topliss-reactive ketones (excluding diaryl/α,β-unsaturated/α-hetero) is 1. The molecule has 22 heavy (non-hydrogen) atoms. The number of methoxy groups -OCH3 is 1. The minimum Gasteiger partial charge on any atom is -0.384 e. The lowest BCUT2D eigenvalue weighted by molar-refractivity contribution is -0.150. The molecular weight excluding hydrogens is 272 g/mol. The third-order valence-corrected chi connectivity index (χ3v) is 8.40. The molecule has 2 nitrogen and oxygen atoms in total. The monoisotopic (exact) mass is 304 g/mol. The molecule has 0 aromatic heterocycles. The molecule has 0 heterocycles. The van der Waals surface area contributed by atoms with Crippen molar-refractivity contribution < 1.29 is 9.53 Å². The van der Waals surface area contributed by atoms with Gasteiger partial charge in [-0.3, -0.25) is 4.79 Å². The van der Waals surface area contributed by atoms with E-state index in [0.29, 0.717) is 17.1 Å². The van der Waals surface area contributed by atoms with E-state index in [-0.39, 0.29) is 5.41 Å². The maximum absolute atomic E-state index is 12.5. The van der Waals surface area contributed by atoms with Crippen molar-refractivity contribution in [2.75, 3.05) is 13.7 Å². The van der Waals surface area contributed by atoms with Crippen molar-refractivity contribution in [3.63, 3.8) is 0 Å². The zero-order valence-electron chi connectivity index (χ0n) is 14.4. The largest absolute Gasteiger partial charge is 0.384 e. The highest BCUT2D eigenvalue weighted by Crippen LogP contribution is 2.65. The number of rotatable bonds is 2. The van der Waals surface area contributed by atoms with Crippen LogP contribution in [0.15, 0.2) is 0 Å². The van der Waals surface area contributed by atoms with Crippen LogP contribution in [-0.4, -0.2) is 19.5 Å². The smallest absolute Gasteiger partial charge is 0.139 e. The minimum absolute atomic E-state index is 0.0247. The lowest BCUT2D eigenvalue weighted by atomic mass is 9.45. The molecule has 0 saturated heterocycles. The molecule has 0 bridgehead atoms. The number of carbonyl (C=O) groups excluding carboxylic acids is 1. The van der Waals surface area contributed by atoms with Crippen molar-refractivity contribution >= 4 is 5.78 Å². The van der Waals surface area contributed by atoms with E-state index < -0.39 is 0 Å². The molecule has 4 aliphatic carbocycles. The summed E-state index contributed by atoms with van der Waals surface area (Å²) in [5.74, 6) is 3.77. The van der Waals surface area contributed by atoms with Gasteiger partial charge < -0.3 is 4.74 Å². The minimum atomic E-state index is 0.0247. The van der Waals surface area contributed by atoms with E-state index in [2.05, 4.69) is 6.92 Å². The van der Waals surface area contributed by atoms with Gasteiger partial charge in [-0.2, -0.15) is 0 Å². The number of ketones is 1. The number of carbonyl (C=O) groups is 1. The van der Waals surface area contributed by atoms with Gasteiger partial charge in [-0.05, 0) is 74.0 Å². The van der Waals surface area contributed by atoms with Gasteiger partial charge in [0, 0.05) is 18.9 Å². The molecule has 0 N–H and O–H groups in total. The Hall–Kier alpha value is -0.370. The van der Waals surface area contributed by atoms with Gasteiger partial charge in [0.15, 0.2) is 0 Å². The number of ether oxygens (including phenoxy) is 1. The Balaban J connectivity index is 1.67. The standard InChI is InChI=1S/C20H32O2/c1-19-12-10-17-15(16(19)8-9-18(19)21)7-6-14-5-3-4-11-20(14,17)13-22-2/h14-17H,3-13H2,1-2H3/t14-,15+,16+,17+,19+,20-/m1/s1. The normalized spacial score (nSPS) is 51.1. The van der Waals surface area contributed by atoms with Gasteiger partial charge in [0.25, 0.3) is 0 Å². The highest BCUT2D eigenvalue weighted by atomic mass is 16.5. The van der Waals surface area contributed by atoms with E-state index in [1.165, 1.54) is 51.4 Å². The third-order valence-electron chi connectivity index (χ3n) is 8.40. The van der Waals surface area contributed by atoms with Crippen LogP contribution in [0.1, 0.15) is 71.1 Å². The van der Waals surface area contributed by atoms with E-state index in [9.17, 15) is 4.79 Å². The van der Waals surface area contributed by atoms with Crippen molar-refractivity contribution in [3.05, 3.63) is 0 Å². The van der Waals surface area contributed by atoms with Gasteiger partial charge in [-0.1, -0.05) is 19.8 Å². The van der Waals surface area contributed by atoms with Crippen LogP contribution in [0.2, 0.25) is 0 Å². The van der Waals surface area contributed by atoms with Crippen molar-refractivity contribution in [1.82, 2.24) is 0 Å². The first-order chi connectivity index (χ1) is 10.6. The average molecular weight is 304 g/mol. The first-order valence-corrected chi connectivity index (χ1v) is 9.64. The van der Waals surface area contributed by atoms with Crippen LogP contribution >= 0.6 is 0 Å². The summed E-state index contributed by atoms with van der Waals surface area (Å²) in [5.41, 5.74) is 0.472. The van der Waals surface area contributed by atoms with Crippen LogP contribution in [0.25, 0.3) is 0 Å². The summed E-state index contributed by atoms with van der Waals surface area (Å²) in [6.45, 7) is 3.26. The quantitative estimate of drug-likeness (QED) is 0.744. The molecule has 0 aromatic rings. The molecule has 4 fully saturated rings. The summed E-state index contributed by atoms with van der Waals surface area (Å²) in [6, 6.07) is 0. The molecule has 4 saturated carbocycles. The third kappa shape index (κ3) is 1.92. The summed E-state index contributed by atoms with van der Waals surface area (Å²) >= 11 is 0. The molecule has 0 radical (unpaired) electrons. The molecule has 124 valence electrons. The number of hydrogen-bond acceptors (Lipinski definition) is 2. The Labute approximate surface area is 135 Å². The topological polar surface area (TPSA) is 26.3 Å². The molecular formula is C20H32O2. The maximum atomic E-state index is 12.5. The Morgan fingerprint density at radius 3 is 2.73 bits per heavy atom. The zero-order chi connectivity index (χ0) is 15.4. The highest BCUT2D eigenvalue weighted by Gasteiger charge is 2.60. The van der Waals surface area contributed by atoms with E-state index >= 15 is 0 Å². The van der Waals surface area contributed by atoms with E-state index in [1.54, 1.807) is 0 Å². The second-order valence-corrected chi connectivity index (χ2v) is 8.98. The molecule has 2 heteroatoms. The predicted molar refractivity (Wildman–Crippen MR) is 87.6 cm³/mol. The summed E-state index contributed by atoms with van der Waals surface area (Å²) in [4.78, 5) is 12.5. The van der Waals surface area contributed by atoms with Gasteiger partial charge in [-0.15, -0.1) is 0 Å². The van der Waals surface area contributed by atoms with Crippen LogP contribution in [0.3, 0.4) is 0 Å². The van der Waals surface area contributed by atoms with E-state index in [4.69, 9.17) is 4.74 Å². The fourth-order valence-electron chi connectivity index (χ4n) is 7.39. The van der Waals surface area contributed by atoms with Crippen molar-refractivity contribution in [3.8, 4) is 0 Å². The van der Waals surface area contributed by atoms with Crippen LogP contribution in [0.5, 0.6) is 0 Å².